The van der Waals surface area contributed by atoms with Crippen LogP contribution in [0.15, 0.2) is 18.2 Å². The predicted octanol–water partition coefficient (Wildman–Crippen LogP) is 1.60. The molecule has 2 N–H and O–H groups in total. The molecular formula is C18H30NO2+. The van der Waals surface area contributed by atoms with E-state index in [2.05, 4.69) is 33.8 Å². The molecule has 1 aromatic carbocycles. The van der Waals surface area contributed by atoms with Crippen molar-refractivity contribution in [1.82, 2.24) is 0 Å². The number of likely N-dealkylation sites (tertiary alicyclic amines) is 1. The molecule has 21 heavy (non-hydrogen) atoms. The van der Waals surface area contributed by atoms with Crippen molar-refractivity contribution in [1.29, 1.82) is 0 Å². The smallest absolute Gasteiger partial charge is 0.137 e. The van der Waals surface area contributed by atoms with E-state index in [-0.39, 0.29) is 0 Å². The lowest BCUT2D eigenvalue weighted by atomic mass is 9.92. The Balaban J connectivity index is 1.82. The zero-order valence-electron chi connectivity index (χ0n) is 13.9. The van der Waals surface area contributed by atoms with Gasteiger partial charge in [-0.2, -0.15) is 0 Å². The van der Waals surface area contributed by atoms with Crippen molar-refractivity contribution >= 4 is 0 Å². The summed E-state index contributed by atoms with van der Waals surface area (Å²) in [7, 11) is 0. The fourth-order valence-corrected chi connectivity index (χ4v) is 3.55. The van der Waals surface area contributed by atoms with Crippen molar-refractivity contribution in [3.63, 3.8) is 0 Å². The van der Waals surface area contributed by atoms with Crippen LogP contribution in [-0.2, 0) is 0 Å². The van der Waals surface area contributed by atoms with Crippen LogP contribution in [0.25, 0.3) is 0 Å². The molecule has 118 valence electrons. The number of aliphatic hydroxyl groups excluding tert-OH is 1. The second-order valence-corrected chi connectivity index (χ2v) is 6.97. The average Bonchev–Trinajstić information content (AvgIpc) is 2.39. The summed E-state index contributed by atoms with van der Waals surface area (Å²) < 4.78 is 5.81. The van der Waals surface area contributed by atoms with Crippen LogP contribution in [0.1, 0.15) is 31.4 Å². The molecule has 0 radical (unpaired) electrons. The lowest BCUT2D eigenvalue weighted by molar-refractivity contribution is -0.915. The summed E-state index contributed by atoms with van der Waals surface area (Å²) in [5, 5.41) is 10.2. The van der Waals surface area contributed by atoms with E-state index in [0.717, 1.165) is 29.7 Å². The maximum absolute atomic E-state index is 10.2. The van der Waals surface area contributed by atoms with E-state index >= 15 is 0 Å². The van der Waals surface area contributed by atoms with E-state index in [1.54, 1.807) is 0 Å². The van der Waals surface area contributed by atoms with Crippen molar-refractivity contribution in [2.24, 2.45) is 11.8 Å². The van der Waals surface area contributed by atoms with E-state index in [9.17, 15) is 5.11 Å². The Labute approximate surface area is 128 Å². The quantitative estimate of drug-likeness (QED) is 0.864. The molecule has 3 heteroatoms. The lowest BCUT2D eigenvalue weighted by Gasteiger charge is -2.33. The Hall–Kier alpha value is -1.06. The van der Waals surface area contributed by atoms with Crippen molar-refractivity contribution in [2.45, 2.75) is 40.2 Å². The molecule has 1 aliphatic heterocycles. The fraction of sp³-hybridized carbons (Fsp3) is 0.667. The Morgan fingerprint density at radius 3 is 2.57 bits per heavy atom. The number of nitrogens with one attached hydrogen (secondary N) is 1. The molecule has 3 atom stereocenters. The summed E-state index contributed by atoms with van der Waals surface area (Å²) in [5.41, 5.74) is 2.39. The molecule has 0 spiro atoms. The maximum atomic E-state index is 10.2. The van der Waals surface area contributed by atoms with E-state index < -0.39 is 6.10 Å². The molecule has 1 saturated heterocycles. The summed E-state index contributed by atoms with van der Waals surface area (Å²) in [6.45, 7) is 12.3. The van der Waals surface area contributed by atoms with Gasteiger partial charge in [0.2, 0.25) is 0 Å². The molecule has 1 aromatic rings. The largest absolute Gasteiger partial charge is 0.490 e. The van der Waals surface area contributed by atoms with Crippen LogP contribution in [0.5, 0.6) is 5.75 Å². The lowest BCUT2D eigenvalue weighted by Crippen LogP contribution is -3.15. The molecular weight excluding hydrogens is 262 g/mol. The summed E-state index contributed by atoms with van der Waals surface area (Å²) >= 11 is 0. The van der Waals surface area contributed by atoms with Gasteiger partial charge in [-0.25, -0.2) is 0 Å². The van der Waals surface area contributed by atoms with Gasteiger partial charge < -0.3 is 14.7 Å². The summed E-state index contributed by atoms with van der Waals surface area (Å²) in [6.07, 6.45) is 0.927. The SMILES string of the molecule is Cc1cccc(OC[C@@H](O)C[NH+]2C[C@@H](C)C[C@H](C)C2)c1C. The first kappa shape index (κ1) is 16.3. The van der Waals surface area contributed by atoms with Crippen molar-refractivity contribution in [2.75, 3.05) is 26.2 Å². The standard InChI is InChI=1S/C18H29NO2/c1-13-8-14(2)10-19(9-13)11-17(20)12-21-18-7-5-6-15(3)16(18)4/h5-7,13-14,17,20H,8-12H2,1-4H3/p+1/t13-,14-,17-/m0/s1. The van der Waals surface area contributed by atoms with Crippen LogP contribution in [-0.4, -0.2) is 37.5 Å². The van der Waals surface area contributed by atoms with E-state index in [1.165, 1.54) is 30.0 Å². The second kappa shape index (κ2) is 7.28. The van der Waals surface area contributed by atoms with Gasteiger partial charge in [0.1, 0.15) is 25.0 Å². The highest BCUT2D eigenvalue weighted by Gasteiger charge is 2.26. The summed E-state index contributed by atoms with van der Waals surface area (Å²) in [6, 6.07) is 6.07. The minimum atomic E-state index is -0.391. The van der Waals surface area contributed by atoms with Crippen LogP contribution in [0.4, 0.5) is 0 Å². The Morgan fingerprint density at radius 1 is 1.24 bits per heavy atom. The zero-order chi connectivity index (χ0) is 15.4. The van der Waals surface area contributed by atoms with Crippen molar-refractivity contribution < 1.29 is 14.7 Å². The number of hydrogen-bond acceptors (Lipinski definition) is 2. The Morgan fingerprint density at radius 2 is 1.90 bits per heavy atom. The highest BCUT2D eigenvalue weighted by atomic mass is 16.5. The number of piperidine rings is 1. The van der Waals surface area contributed by atoms with Crippen LogP contribution in [0.3, 0.4) is 0 Å². The summed E-state index contributed by atoms with van der Waals surface area (Å²) in [4.78, 5) is 1.51. The molecule has 0 saturated carbocycles. The third-order valence-corrected chi connectivity index (χ3v) is 4.59. The van der Waals surface area contributed by atoms with Gasteiger partial charge in [-0.15, -0.1) is 0 Å². The number of hydrogen-bond donors (Lipinski definition) is 2. The molecule has 2 rings (SSSR count). The topological polar surface area (TPSA) is 33.9 Å². The van der Waals surface area contributed by atoms with E-state index in [4.69, 9.17) is 4.74 Å². The molecule has 3 nitrogen and oxygen atoms in total. The first-order valence-corrected chi connectivity index (χ1v) is 8.16. The molecule has 1 fully saturated rings. The average molecular weight is 292 g/mol. The maximum Gasteiger partial charge on any atom is 0.137 e. The van der Waals surface area contributed by atoms with E-state index in [1.807, 2.05) is 12.1 Å². The highest BCUT2D eigenvalue weighted by molar-refractivity contribution is 5.38. The minimum Gasteiger partial charge on any atom is -0.490 e. The zero-order valence-corrected chi connectivity index (χ0v) is 13.9. The Bertz CT molecular complexity index is 451. The normalized spacial score (nSPS) is 27.4. The van der Waals surface area contributed by atoms with Gasteiger partial charge in [-0.05, 0) is 37.5 Å². The molecule has 0 aliphatic carbocycles. The fourth-order valence-electron chi connectivity index (χ4n) is 3.55. The number of benzene rings is 1. The van der Waals surface area contributed by atoms with Crippen LogP contribution in [0, 0.1) is 25.7 Å². The molecule has 0 amide bonds. The first-order chi connectivity index (χ1) is 9.95. The van der Waals surface area contributed by atoms with E-state index in [0.29, 0.717) is 6.61 Å². The van der Waals surface area contributed by atoms with Crippen LogP contribution in [0.2, 0.25) is 0 Å². The van der Waals surface area contributed by atoms with Gasteiger partial charge in [0.15, 0.2) is 0 Å². The number of rotatable bonds is 5. The van der Waals surface area contributed by atoms with Crippen LogP contribution < -0.4 is 9.64 Å². The third kappa shape index (κ3) is 4.72. The van der Waals surface area contributed by atoms with Gasteiger partial charge in [0.25, 0.3) is 0 Å². The predicted molar refractivity (Wildman–Crippen MR) is 85.9 cm³/mol. The van der Waals surface area contributed by atoms with Crippen molar-refractivity contribution in [3.05, 3.63) is 29.3 Å². The Kier molecular flexibility index (Phi) is 5.65. The molecule has 1 heterocycles. The third-order valence-electron chi connectivity index (χ3n) is 4.59. The molecule has 0 aromatic heterocycles. The van der Waals surface area contributed by atoms with Gasteiger partial charge in [0, 0.05) is 11.8 Å². The van der Waals surface area contributed by atoms with Crippen molar-refractivity contribution in [3.8, 4) is 5.75 Å². The van der Waals surface area contributed by atoms with Gasteiger partial charge >= 0.3 is 0 Å². The summed E-state index contributed by atoms with van der Waals surface area (Å²) in [5.74, 6) is 2.41. The monoisotopic (exact) mass is 292 g/mol. The number of ether oxygens (including phenoxy) is 1. The van der Waals surface area contributed by atoms with Gasteiger partial charge in [0.05, 0.1) is 13.1 Å². The molecule has 1 aliphatic rings. The molecule has 0 unspecified atom stereocenters. The number of aryl methyl sites for hydroxylation is 1. The number of quaternary nitrogens is 1. The number of aliphatic hydroxyl groups is 1. The van der Waals surface area contributed by atoms with Crippen LogP contribution >= 0.6 is 0 Å². The molecule has 0 bridgehead atoms. The van der Waals surface area contributed by atoms with Gasteiger partial charge in [-0.3, -0.25) is 0 Å². The first-order valence-electron chi connectivity index (χ1n) is 8.16. The second-order valence-electron chi connectivity index (χ2n) is 6.97. The van der Waals surface area contributed by atoms with Gasteiger partial charge in [-0.1, -0.05) is 26.0 Å². The minimum absolute atomic E-state index is 0.385. The highest BCUT2D eigenvalue weighted by Crippen LogP contribution is 2.20.